The maximum absolute atomic E-state index is 12.4. The molecule has 110 valence electrons. The molecular formula is C11H10Cl2F2N2O3. The van der Waals surface area contributed by atoms with Crippen LogP contribution in [-0.2, 0) is 0 Å². The number of nitrogens with zero attached hydrogens (tertiary/aromatic N) is 2. The average molecular weight is 327 g/mol. The largest absolute Gasteiger partial charge is 0.331 e. The SMILES string of the molecule is O=C(c1c(Cl)cccc1[N+](=O)[O-])N(CCCl)CC(F)F. The van der Waals surface area contributed by atoms with E-state index in [1.165, 1.54) is 12.1 Å². The summed E-state index contributed by atoms with van der Waals surface area (Å²) in [6.07, 6.45) is -2.77. The highest BCUT2D eigenvalue weighted by molar-refractivity contribution is 6.34. The maximum atomic E-state index is 12.4. The van der Waals surface area contributed by atoms with E-state index < -0.39 is 35.1 Å². The number of hydrogen-bond acceptors (Lipinski definition) is 3. The fourth-order valence-electron chi connectivity index (χ4n) is 1.58. The van der Waals surface area contributed by atoms with Gasteiger partial charge < -0.3 is 4.90 Å². The number of carbonyl (C=O) groups excluding carboxylic acids is 1. The zero-order chi connectivity index (χ0) is 15.3. The molecule has 9 heteroatoms. The summed E-state index contributed by atoms with van der Waals surface area (Å²) in [5.41, 5.74) is -0.943. The van der Waals surface area contributed by atoms with Crippen LogP contribution in [0.25, 0.3) is 0 Å². The van der Waals surface area contributed by atoms with Crippen LogP contribution in [0.3, 0.4) is 0 Å². The van der Waals surface area contributed by atoms with Gasteiger partial charge in [0.05, 0.1) is 16.5 Å². The summed E-state index contributed by atoms with van der Waals surface area (Å²) in [6, 6.07) is 3.67. The Hall–Kier alpha value is -1.47. The van der Waals surface area contributed by atoms with Crippen molar-refractivity contribution in [2.75, 3.05) is 19.0 Å². The fourth-order valence-corrected chi connectivity index (χ4v) is 2.03. The van der Waals surface area contributed by atoms with Gasteiger partial charge in [0, 0.05) is 18.5 Å². The zero-order valence-corrected chi connectivity index (χ0v) is 11.6. The van der Waals surface area contributed by atoms with E-state index in [1.54, 1.807) is 0 Å². The number of halogens is 4. The molecule has 0 aliphatic heterocycles. The molecule has 0 radical (unpaired) electrons. The molecule has 1 amide bonds. The lowest BCUT2D eigenvalue weighted by Gasteiger charge is -2.21. The van der Waals surface area contributed by atoms with E-state index in [0.29, 0.717) is 0 Å². The van der Waals surface area contributed by atoms with E-state index >= 15 is 0 Å². The molecule has 0 spiro atoms. The van der Waals surface area contributed by atoms with Gasteiger partial charge in [-0.2, -0.15) is 0 Å². The normalized spacial score (nSPS) is 10.7. The van der Waals surface area contributed by atoms with Gasteiger partial charge in [-0.1, -0.05) is 17.7 Å². The quantitative estimate of drug-likeness (QED) is 0.458. The monoisotopic (exact) mass is 326 g/mol. The van der Waals surface area contributed by atoms with Gasteiger partial charge in [-0.25, -0.2) is 8.78 Å². The standard InChI is InChI=1S/C11H10Cl2F2N2O3/c12-4-5-16(6-9(14)15)11(18)10-7(13)2-1-3-8(10)17(19)20/h1-3,9H,4-6H2. The van der Waals surface area contributed by atoms with Crippen molar-refractivity contribution in [2.45, 2.75) is 6.43 Å². The lowest BCUT2D eigenvalue weighted by Crippen LogP contribution is -2.37. The molecule has 20 heavy (non-hydrogen) atoms. The molecule has 0 aromatic heterocycles. The molecule has 0 saturated heterocycles. The summed E-state index contributed by atoms with van der Waals surface area (Å²) >= 11 is 11.2. The third kappa shape index (κ3) is 4.01. The Bertz CT molecular complexity index is 514. The van der Waals surface area contributed by atoms with Crippen molar-refractivity contribution < 1.29 is 18.5 Å². The second-order valence-electron chi connectivity index (χ2n) is 3.72. The highest BCUT2D eigenvalue weighted by Crippen LogP contribution is 2.27. The van der Waals surface area contributed by atoms with E-state index in [-0.39, 0.29) is 17.4 Å². The van der Waals surface area contributed by atoms with Crippen molar-refractivity contribution in [3.8, 4) is 0 Å². The number of hydrogen-bond donors (Lipinski definition) is 0. The lowest BCUT2D eigenvalue weighted by atomic mass is 10.1. The van der Waals surface area contributed by atoms with Gasteiger partial charge in [-0.3, -0.25) is 14.9 Å². The molecule has 0 heterocycles. The zero-order valence-electron chi connectivity index (χ0n) is 10.1. The number of rotatable bonds is 6. The van der Waals surface area contributed by atoms with Crippen LogP contribution in [0.1, 0.15) is 10.4 Å². The third-order valence-corrected chi connectivity index (χ3v) is 2.89. The molecule has 0 fully saturated rings. The minimum Gasteiger partial charge on any atom is -0.331 e. The first-order valence-corrected chi connectivity index (χ1v) is 6.36. The third-order valence-electron chi connectivity index (χ3n) is 2.40. The van der Waals surface area contributed by atoms with Crippen LogP contribution in [0.2, 0.25) is 5.02 Å². The molecule has 0 aliphatic carbocycles. The lowest BCUT2D eigenvalue weighted by molar-refractivity contribution is -0.385. The summed E-state index contributed by atoms with van der Waals surface area (Å²) in [4.78, 5) is 23.0. The molecule has 0 unspecified atom stereocenters. The van der Waals surface area contributed by atoms with Gasteiger partial charge in [-0.05, 0) is 6.07 Å². The van der Waals surface area contributed by atoms with E-state index in [4.69, 9.17) is 23.2 Å². The van der Waals surface area contributed by atoms with Gasteiger partial charge in [0.2, 0.25) is 0 Å². The van der Waals surface area contributed by atoms with Gasteiger partial charge in [0.15, 0.2) is 0 Å². The smallest absolute Gasteiger partial charge is 0.283 e. The van der Waals surface area contributed by atoms with E-state index in [0.717, 1.165) is 11.0 Å². The van der Waals surface area contributed by atoms with Crippen molar-refractivity contribution in [3.05, 3.63) is 38.9 Å². The summed E-state index contributed by atoms with van der Waals surface area (Å²) < 4.78 is 24.9. The Kier molecular flexibility index (Phi) is 6.09. The van der Waals surface area contributed by atoms with E-state index in [2.05, 4.69) is 0 Å². The average Bonchev–Trinajstić information content (AvgIpc) is 2.36. The van der Waals surface area contributed by atoms with Crippen LogP contribution < -0.4 is 0 Å². The predicted octanol–water partition coefficient (Wildman–Crippen LogP) is 3.19. The topological polar surface area (TPSA) is 63.4 Å². The van der Waals surface area contributed by atoms with Gasteiger partial charge >= 0.3 is 0 Å². The van der Waals surface area contributed by atoms with Gasteiger partial charge in [0.25, 0.3) is 18.0 Å². The van der Waals surface area contributed by atoms with E-state index in [9.17, 15) is 23.7 Å². The minimum absolute atomic E-state index is 0.0727. The number of benzene rings is 1. The highest BCUT2D eigenvalue weighted by atomic mass is 35.5. The molecule has 1 aromatic rings. The molecule has 0 atom stereocenters. The first-order valence-electron chi connectivity index (χ1n) is 5.44. The number of carbonyl (C=O) groups is 1. The van der Waals surface area contributed by atoms with Gasteiger partial charge in [-0.15, -0.1) is 11.6 Å². The molecule has 0 bridgehead atoms. The Morgan fingerprint density at radius 3 is 2.60 bits per heavy atom. The first kappa shape index (κ1) is 16.6. The molecule has 0 N–H and O–H groups in total. The van der Waals surface area contributed by atoms with Gasteiger partial charge in [0.1, 0.15) is 5.56 Å². The second kappa shape index (κ2) is 7.35. The summed E-state index contributed by atoms with van der Waals surface area (Å²) in [7, 11) is 0. The van der Waals surface area contributed by atoms with Crippen LogP contribution in [-0.4, -0.2) is 41.1 Å². The summed E-state index contributed by atoms with van der Waals surface area (Å²) in [5.74, 6) is -1.01. The molecule has 1 rings (SSSR count). The summed E-state index contributed by atoms with van der Waals surface area (Å²) in [5, 5.41) is 10.7. The van der Waals surface area contributed by atoms with Crippen LogP contribution in [0.4, 0.5) is 14.5 Å². The fraction of sp³-hybridized carbons (Fsp3) is 0.364. The van der Waals surface area contributed by atoms with Crippen molar-refractivity contribution in [1.29, 1.82) is 0 Å². The van der Waals surface area contributed by atoms with Crippen molar-refractivity contribution in [3.63, 3.8) is 0 Å². The van der Waals surface area contributed by atoms with Crippen LogP contribution in [0.15, 0.2) is 18.2 Å². The highest BCUT2D eigenvalue weighted by Gasteiger charge is 2.28. The number of nitro benzene ring substituents is 1. The maximum Gasteiger partial charge on any atom is 0.283 e. The molecule has 0 saturated carbocycles. The molecule has 5 nitrogen and oxygen atoms in total. The Balaban J connectivity index is 3.20. The van der Waals surface area contributed by atoms with Crippen molar-refractivity contribution in [1.82, 2.24) is 4.90 Å². The molecular weight excluding hydrogens is 317 g/mol. The van der Waals surface area contributed by atoms with Crippen LogP contribution in [0, 0.1) is 10.1 Å². The minimum atomic E-state index is -2.77. The summed E-state index contributed by atoms with van der Waals surface area (Å²) in [6.45, 7) is -1.03. The van der Waals surface area contributed by atoms with Crippen LogP contribution >= 0.6 is 23.2 Å². The Morgan fingerprint density at radius 2 is 2.10 bits per heavy atom. The molecule has 1 aromatic carbocycles. The number of amides is 1. The first-order chi connectivity index (χ1) is 9.38. The Labute approximate surface area is 123 Å². The predicted molar refractivity (Wildman–Crippen MR) is 70.7 cm³/mol. The molecule has 0 aliphatic rings. The van der Waals surface area contributed by atoms with Crippen LogP contribution in [0.5, 0.6) is 0 Å². The van der Waals surface area contributed by atoms with Crippen molar-refractivity contribution in [2.24, 2.45) is 0 Å². The number of alkyl halides is 3. The second-order valence-corrected chi connectivity index (χ2v) is 4.51. The number of nitro groups is 1. The Morgan fingerprint density at radius 1 is 1.45 bits per heavy atom. The van der Waals surface area contributed by atoms with E-state index in [1.807, 2.05) is 0 Å². The van der Waals surface area contributed by atoms with Crippen molar-refractivity contribution >= 4 is 34.8 Å².